The van der Waals surface area contributed by atoms with Crippen molar-refractivity contribution in [3.63, 3.8) is 0 Å². The minimum atomic E-state index is -0.0877. The summed E-state index contributed by atoms with van der Waals surface area (Å²) >= 11 is 2.20. The SMILES string of the molecule is CN(Cc1ccco1)C(=O)COc1cccc(I)c1. The molecule has 1 amide bonds. The highest BCUT2D eigenvalue weighted by Crippen LogP contribution is 2.14. The lowest BCUT2D eigenvalue weighted by Gasteiger charge is -2.16. The van der Waals surface area contributed by atoms with E-state index in [-0.39, 0.29) is 12.5 Å². The van der Waals surface area contributed by atoms with Crippen LogP contribution in [0, 0.1) is 3.57 Å². The van der Waals surface area contributed by atoms with Gasteiger partial charge in [-0.15, -0.1) is 0 Å². The fourth-order valence-corrected chi connectivity index (χ4v) is 2.05. The van der Waals surface area contributed by atoms with Gasteiger partial charge in [-0.05, 0) is 52.9 Å². The molecule has 1 aromatic carbocycles. The molecule has 0 saturated heterocycles. The van der Waals surface area contributed by atoms with Gasteiger partial charge in [-0.25, -0.2) is 0 Å². The fourth-order valence-electron chi connectivity index (χ4n) is 1.54. The highest BCUT2D eigenvalue weighted by atomic mass is 127. The minimum absolute atomic E-state index is 0.0251. The molecule has 100 valence electrons. The Balaban J connectivity index is 1.84. The summed E-state index contributed by atoms with van der Waals surface area (Å²) in [6, 6.07) is 11.2. The van der Waals surface area contributed by atoms with Gasteiger partial charge in [0.15, 0.2) is 6.61 Å². The van der Waals surface area contributed by atoms with E-state index in [1.165, 1.54) is 0 Å². The summed E-state index contributed by atoms with van der Waals surface area (Å²) in [5, 5.41) is 0. The maximum atomic E-state index is 11.9. The van der Waals surface area contributed by atoms with Crippen molar-refractivity contribution in [1.82, 2.24) is 4.90 Å². The van der Waals surface area contributed by atoms with E-state index in [2.05, 4.69) is 22.6 Å². The average molecular weight is 371 g/mol. The third-order valence-corrected chi connectivity index (χ3v) is 3.23. The number of carbonyl (C=O) groups is 1. The van der Waals surface area contributed by atoms with Crippen molar-refractivity contribution in [2.24, 2.45) is 0 Å². The van der Waals surface area contributed by atoms with E-state index < -0.39 is 0 Å². The molecule has 0 fully saturated rings. The van der Waals surface area contributed by atoms with E-state index in [9.17, 15) is 4.79 Å². The van der Waals surface area contributed by atoms with Crippen molar-refractivity contribution >= 4 is 28.5 Å². The first-order chi connectivity index (χ1) is 9.15. The van der Waals surface area contributed by atoms with Crippen LogP contribution in [0.4, 0.5) is 0 Å². The number of hydrogen-bond donors (Lipinski definition) is 0. The molecule has 0 bridgehead atoms. The van der Waals surface area contributed by atoms with Gasteiger partial charge in [-0.1, -0.05) is 6.07 Å². The van der Waals surface area contributed by atoms with Crippen LogP contribution < -0.4 is 4.74 Å². The Bertz CT molecular complexity index is 539. The van der Waals surface area contributed by atoms with Gasteiger partial charge in [0.2, 0.25) is 0 Å². The van der Waals surface area contributed by atoms with Crippen molar-refractivity contribution < 1.29 is 13.9 Å². The highest BCUT2D eigenvalue weighted by molar-refractivity contribution is 14.1. The summed E-state index contributed by atoms with van der Waals surface area (Å²) in [7, 11) is 1.73. The standard InChI is InChI=1S/C14H14INO3/c1-16(9-13-6-3-7-18-13)14(17)10-19-12-5-2-4-11(15)8-12/h2-8H,9-10H2,1H3. The van der Waals surface area contributed by atoms with Gasteiger partial charge in [0.1, 0.15) is 11.5 Å². The Morgan fingerprint density at radius 2 is 2.21 bits per heavy atom. The number of ether oxygens (including phenoxy) is 1. The van der Waals surface area contributed by atoms with Crippen LogP contribution in [-0.2, 0) is 11.3 Å². The Kier molecular flexibility index (Phi) is 4.84. The number of likely N-dealkylation sites (N-methyl/N-ethyl adjacent to an activating group) is 1. The monoisotopic (exact) mass is 371 g/mol. The molecule has 0 spiro atoms. The van der Waals surface area contributed by atoms with Gasteiger partial charge in [-0.2, -0.15) is 0 Å². The first-order valence-electron chi connectivity index (χ1n) is 5.80. The molecule has 2 aromatic rings. The van der Waals surface area contributed by atoms with Crippen molar-refractivity contribution in [2.45, 2.75) is 6.54 Å². The number of rotatable bonds is 5. The zero-order chi connectivity index (χ0) is 13.7. The van der Waals surface area contributed by atoms with E-state index in [4.69, 9.17) is 9.15 Å². The van der Waals surface area contributed by atoms with E-state index >= 15 is 0 Å². The second-order valence-electron chi connectivity index (χ2n) is 4.08. The van der Waals surface area contributed by atoms with Crippen LogP contribution in [0.15, 0.2) is 47.1 Å². The van der Waals surface area contributed by atoms with Gasteiger partial charge >= 0.3 is 0 Å². The Hall–Kier alpha value is -1.50. The average Bonchev–Trinajstić information content (AvgIpc) is 2.89. The molecule has 1 heterocycles. The molecular weight excluding hydrogens is 357 g/mol. The van der Waals surface area contributed by atoms with Crippen LogP contribution in [0.25, 0.3) is 0 Å². The minimum Gasteiger partial charge on any atom is -0.484 e. The van der Waals surface area contributed by atoms with Crippen LogP contribution >= 0.6 is 22.6 Å². The number of carbonyl (C=O) groups excluding carboxylic acids is 1. The maximum Gasteiger partial charge on any atom is 0.260 e. The molecule has 1 aromatic heterocycles. The van der Waals surface area contributed by atoms with Gasteiger partial charge in [-0.3, -0.25) is 4.79 Å². The molecule has 0 aliphatic rings. The van der Waals surface area contributed by atoms with Crippen molar-refractivity contribution in [3.05, 3.63) is 52.0 Å². The highest BCUT2D eigenvalue weighted by Gasteiger charge is 2.11. The topological polar surface area (TPSA) is 42.7 Å². The van der Waals surface area contributed by atoms with Gasteiger partial charge in [0, 0.05) is 10.6 Å². The number of amides is 1. The van der Waals surface area contributed by atoms with Crippen LogP contribution in [0.1, 0.15) is 5.76 Å². The van der Waals surface area contributed by atoms with Gasteiger partial charge in [0.05, 0.1) is 12.8 Å². The number of nitrogens with zero attached hydrogens (tertiary/aromatic N) is 1. The number of halogens is 1. The van der Waals surface area contributed by atoms with Gasteiger partial charge in [0.25, 0.3) is 5.91 Å². The zero-order valence-corrected chi connectivity index (χ0v) is 12.7. The van der Waals surface area contributed by atoms with E-state index in [0.29, 0.717) is 12.3 Å². The lowest BCUT2D eigenvalue weighted by molar-refractivity contribution is -0.132. The molecule has 0 atom stereocenters. The summed E-state index contributed by atoms with van der Waals surface area (Å²) in [6.45, 7) is 0.471. The normalized spacial score (nSPS) is 10.2. The molecule has 4 nitrogen and oxygen atoms in total. The summed E-state index contributed by atoms with van der Waals surface area (Å²) < 4.78 is 11.7. The van der Waals surface area contributed by atoms with Crippen molar-refractivity contribution in [1.29, 1.82) is 0 Å². The lowest BCUT2D eigenvalue weighted by Crippen LogP contribution is -2.30. The third-order valence-electron chi connectivity index (χ3n) is 2.56. The van der Waals surface area contributed by atoms with Crippen LogP contribution in [0.2, 0.25) is 0 Å². The van der Waals surface area contributed by atoms with E-state index in [1.54, 1.807) is 24.3 Å². The molecule has 0 unspecified atom stereocenters. The van der Waals surface area contributed by atoms with E-state index in [0.717, 1.165) is 9.33 Å². The van der Waals surface area contributed by atoms with Crippen LogP contribution in [0.5, 0.6) is 5.75 Å². The quantitative estimate of drug-likeness (QED) is 0.760. The number of hydrogen-bond acceptors (Lipinski definition) is 3. The second kappa shape index (κ2) is 6.60. The maximum absolute atomic E-state index is 11.9. The summed E-state index contributed by atoms with van der Waals surface area (Å²) in [5.41, 5.74) is 0. The molecule has 0 radical (unpaired) electrons. The summed E-state index contributed by atoms with van der Waals surface area (Å²) in [4.78, 5) is 13.5. The molecule has 0 aliphatic heterocycles. The molecular formula is C14H14INO3. The summed E-state index contributed by atoms with van der Waals surface area (Å²) in [5.74, 6) is 1.37. The zero-order valence-electron chi connectivity index (χ0n) is 10.5. The summed E-state index contributed by atoms with van der Waals surface area (Å²) in [6.07, 6.45) is 1.59. The van der Waals surface area contributed by atoms with Crippen LogP contribution in [0.3, 0.4) is 0 Å². The fraction of sp³-hybridized carbons (Fsp3) is 0.214. The molecule has 0 saturated carbocycles. The largest absolute Gasteiger partial charge is 0.484 e. The predicted molar refractivity (Wildman–Crippen MR) is 79.8 cm³/mol. The Morgan fingerprint density at radius 1 is 1.37 bits per heavy atom. The third kappa shape index (κ3) is 4.27. The van der Waals surface area contributed by atoms with Crippen molar-refractivity contribution in [3.8, 4) is 5.75 Å². The Morgan fingerprint density at radius 3 is 2.89 bits per heavy atom. The van der Waals surface area contributed by atoms with E-state index in [1.807, 2.05) is 30.3 Å². The van der Waals surface area contributed by atoms with Crippen molar-refractivity contribution in [2.75, 3.05) is 13.7 Å². The molecule has 2 rings (SSSR count). The molecule has 0 N–H and O–H groups in total. The molecule has 5 heteroatoms. The predicted octanol–water partition coefficient (Wildman–Crippen LogP) is 2.92. The number of furan rings is 1. The van der Waals surface area contributed by atoms with Gasteiger partial charge < -0.3 is 14.1 Å². The Labute approximate surface area is 125 Å². The molecule has 0 aliphatic carbocycles. The smallest absolute Gasteiger partial charge is 0.260 e. The first kappa shape index (κ1) is 13.9. The number of benzene rings is 1. The second-order valence-corrected chi connectivity index (χ2v) is 5.32. The van der Waals surface area contributed by atoms with Crippen LogP contribution in [-0.4, -0.2) is 24.5 Å². The molecule has 19 heavy (non-hydrogen) atoms. The lowest BCUT2D eigenvalue weighted by atomic mass is 10.3. The first-order valence-corrected chi connectivity index (χ1v) is 6.88.